The maximum atomic E-state index is 11.4. The van der Waals surface area contributed by atoms with Crippen molar-refractivity contribution in [3.8, 4) is 0 Å². The minimum Gasteiger partial charge on any atom is -0.481 e. The van der Waals surface area contributed by atoms with Crippen LogP contribution in [0.2, 0.25) is 0 Å². The molecule has 1 amide bonds. The molecule has 0 fully saturated rings. The van der Waals surface area contributed by atoms with Crippen LogP contribution < -0.4 is 5.32 Å². The fourth-order valence-electron chi connectivity index (χ4n) is 1.58. The molecule has 0 spiro atoms. The standard InChI is InChI=1S/C12H13NO5/c1-3-10(15)13-8-4-5-9(11(16)17)12(18,6-8)7(2)14/h3-6,9,18H,1H2,2H3,(H,13,15)(H,16,17). The number of carbonyl (C=O) groups excluding carboxylic acids is 2. The first kappa shape index (κ1) is 13.9. The first-order valence-corrected chi connectivity index (χ1v) is 5.12. The second-order valence-corrected chi connectivity index (χ2v) is 3.85. The van der Waals surface area contributed by atoms with Crippen LogP contribution in [0.3, 0.4) is 0 Å². The van der Waals surface area contributed by atoms with E-state index >= 15 is 0 Å². The predicted octanol–water partition coefficient (Wildman–Crippen LogP) is -0.237. The van der Waals surface area contributed by atoms with Crippen LogP contribution in [0.25, 0.3) is 0 Å². The number of aliphatic hydroxyl groups is 1. The lowest BCUT2D eigenvalue weighted by atomic mass is 9.80. The van der Waals surface area contributed by atoms with Gasteiger partial charge in [0.05, 0.1) is 0 Å². The molecule has 0 aromatic carbocycles. The molecule has 0 saturated carbocycles. The Morgan fingerprint density at radius 1 is 1.50 bits per heavy atom. The van der Waals surface area contributed by atoms with E-state index in [1.54, 1.807) is 0 Å². The van der Waals surface area contributed by atoms with Crippen LogP contribution in [0.5, 0.6) is 0 Å². The molecule has 0 heterocycles. The maximum Gasteiger partial charge on any atom is 0.314 e. The average molecular weight is 251 g/mol. The Balaban J connectivity index is 3.11. The number of ketones is 1. The molecule has 2 unspecified atom stereocenters. The molecule has 3 N–H and O–H groups in total. The molecule has 0 bridgehead atoms. The molecule has 0 aromatic rings. The van der Waals surface area contributed by atoms with Gasteiger partial charge in [0.25, 0.3) is 0 Å². The van der Waals surface area contributed by atoms with Crippen LogP contribution in [-0.2, 0) is 14.4 Å². The Kier molecular flexibility index (Phi) is 3.82. The van der Waals surface area contributed by atoms with Gasteiger partial charge in [-0.2, -0.15) is 0 Å². The third-order valence-electron chi connectivity index (χ3n) is 2.60. The number of carbonyl (C=O) groups is 3. The van der Waals surface area contributed by atoms with E-state index in [4.69, 9.17) is 5.11 Å². The molecule has 1 aliphatic carbocycles. The number of carboxylic acid groups (broad SMARTS) is 1. The second kappa shape index (κ2) is 4.97. The van der Waals surface area contributed by atoms with Gasteiger partial charge in [-0.15, -0.1) is 0 Å². The first-order valence-electron chi connectivity index (χ1n) is 5.12. The number of rotatable bonds is 4. The van der Waals surface area contributed by atoms with Gasteiger partial charge < -0.3 is 15.5 Å². The van der Waals surface area contributed by atoms with Gasteiger partial charge in [-0.25, -0.2) is 0 Å². The zero-order valence-corrected chi connectivity index (χ0v) is 9.71. The molecule has 0 aromatic heterocycles. The number of allylic oxidation sites excluding steroid dienone is 1. The zero-order chi connectivity index (χ0) is 13.9. The van der Waals surface area contributed by atoms with Crippen LogP contribution in [-0.4, -0.2) is 33.5 Å². The van der Waals surface area contributed by atoms with Gasteiger partial charge in [-0.05, 0) is 25.2 Å². The van der Waals surface area contributed by atoms with Crippen LogP contribution >= 0.6 is 0 Å². The van der Waals surface area contributed by atoms with E-state index in [0.29, 0.717) is 0 Å². The van der Waals surface area contributed by atoms with Crippen molar-refractivity contribution < 1.29 is 24.6 Å². The molecular formula is C12H13NO5. The smallest absolute Gasteiger partial charge is 0.314 e. The fourth-order valence-corrected chi connectivity index (χ4v) is 1.58. The number of carboxylic acids is 1. The minimum atomic E-state index is -2.16. The highest BCUT2D eigenvalue weighted by atomic mass is 16.4. The van der Waals surface area contributed by atoms with E-state index in [9.17, 15) is 19.5 Å². The molecule has 0 saturated heterocycles. The molecule has 1 aliphatic rings. The SMILES string of the molecule is C=CC(=O)NC1=CC(O)(C(C)=O)C(C(=O)O)C=C1. The van der Waals surface area contributed by atoms with Crippen molar-refractivity contribution in [2.75, 3.05) is 0 Å². The Morgan fingerprint density at radius 3 is 2.56 bits per heavy atom. The third-order valence-corrected chi connectivity index (χ3v) is 2.60. The summed E-state index contributed by atoms with van der Waals surface area (Å²) in [5.41, 5.74) is -2.01. The van der Waals surface area contributed by atoms with Crippen molar-refractivity contribution in [1.29, 1.82) is 0 Å². The highest BCUT2D eigenvalue weighted by molar-refractivity contribution is 5.95. The van der Waals surface area contributed by atoms with Gasteiger partial charge in [-0.3, -0.25) is 14.4 Å². The molecule has 18 heavy (non-hydrogen) atoms. The van der Waals surface area contributed by atoms with Gasteiger partial charge in [-0.1, -0.05) is 12.7 Å². The maximum absolute atomic E-state index is 11.4. The first-order chi connectivity index (χ1) is 8.31. The van der Waals surface area contributed by atoms with E-state index in [0.717, 1.165) is 25.2 Å². The highest BCUT2D eigenvalue weighted by Gasteiger charge is 2.44. The quantitative estimate of drug-likeness (QED) is 0.598. The van der Waals surface area contributed by atoms with Crippen molar-refractivity contribution in [1.82, 2.24) is 5.32 Å². The van der Waals surface area contributed by atoms with Crippen molar-refractivity contribution in [3.63, 3.8) is 0 Å². The van der Waals surface area contributed by atoms with E-state index < -0.39 is 29.2 Å². The van der Waals surface area contributed by atoms with Crippen LogP contribution in [0, 0.1) is 5.92 Å². The summed E-state index contributed by atoms with van der Waals surface area (Å²) in [7, 11) is 0. The lowest BCUT2D eigenvalue weighted by Crippen LogP contribution is -2.48. The largest absolute Gasteiger partial charge is 0.481 e. The number of nitrogens with one attached hydrogen (secondary N) is 1. The number of aliphatic carboxylic acids is 1. The lowest BCUT2D eigenvalue weighted by Gasteiger charge is -2.30. The molecular weight excluding hydrogens is 238 g/mol. The van der Waals surface area contributed by atoms with Crippen molar-refractivity contribution in [2.24, 2.45) is 5.92 Å². The summed E-state index contributed by atoms with van der Waals surface area (Å²) in [5, 5.41) is 21.4. The van der Waals surface area contributed by atoms with Crippen molar-refractivity contribution in [2.45, 2.75) is 12.5 Å². The highest BCUT2D eigenvalue weighted by Crippen LogP contribution is 2.28. The van der Waals surface area contributed by atoms with Crippen LogP contribution in [0.15, 0.2) is 36.6 Å². The monoisotopic (exact) mass is 251 g/mol. The fraction of sp³-hybridized carbons (Fsp3) is 0.250. The molecule has 6 nitrogen and oxygen atoms in total. The van der Waals surface area contributed by atoms with Gasteiger partial charge in [0, 0.05) is 5.70 Å². The summed E-state index contributed by atoms with van der Waals surface area (Å²) >= 11 is 0. The summed E-state index contributed by atoms with van der Waals surface area (Å²) in [6.07, 6.45) is 4.51. The number of hydrogen-bond acceptors (Lipinski definition) is 4. The van der Waals surface area contributed by atoms with Gasteiger partial charge in [0.15, 0.2) is 11.4 Å². The van der Waals surface area contributed by atoms with Crippen LogP contribution in [0.1, 0.15) is 6.92 Å². The Bertz CT molecular complexity index is 477. The van der Waals surface area contributed by atoms with E-state index in [-0.39, 0.29) is 5.70 Å². The molecule has 96 valence electrons. The van der Waals surface area contributed by atoms with Crippen LogP contribution in [0.4, 0.5) is 0 Å². The predicted molar refractivity (Wildman–Crippen MR) is 62.3 cm³/mol. The summed E-state index contributed by atoms with van der Waals surface area (Å²) in [4.78, 5) is 33.5. The molecule has 1 rings (SSSR count). The molecule has 0 aliphatic heterocycles. The summed E-state index contributed by atoms with van der Waals surface area (Å²) < 4.78 is 0. The van der Waals surface area contributed by atoms with E-state index in [1.807, 2.05) is 0 Å². The summed E-state index contributed by atoms with van der Waals surface area (Å²) in [6.45, 7) is 4.34. The molecule has 2 atom stereocenters. The third kappa shape index (κ3) is 2.54. The summed E-state index contributed by atoms with van der Waals surface area (Å²) in [5.74, 6) is -3.94. The Hall–Kier alpha value is -2.21. The molecule has 6 heteroatoms. The van der Waals surface area contributed by atoms with E-state index in [2.05, 4.69) is 11.9 Å². The summed E-state index contributed by atoms with van der Waals surface area (Å²) in [6, 6.07) is 0. The van der Waals surface area contributed by atoms with E-state index in [1.165, 1.54) is 6.08 Å². The number of hydrogen-bond donors (Lipinski definition) is 3. The average Bonchev–Trinajstić information content (AvgIpc) is 2.28. The lowest BCUT2D eigenvalue weighted by molar-refractivity contribution is -0.152. The topological polar surface area (TPSA) is 104 Å². The van der Waals surface area contributed by atoms with Gasteiger partial charge in [0.2, 0.25) is 5.91 Å². The van der Waals surface area contributed by atoms with Crippen molar-refractivity contribution >= 4 is 17.7 Å². The number of Topliss-reactive ketones (excluding diaryl/α,β-unsaturated/α-hetero) is 1. The normalized spacial score (nSPS) is 26.1. The van der Waals surface area contributed by atoms with Gasteiger partial charge >= 0.3 is 5.97 Å². The van der Waals surface area contributed by atoms with Crippen molar-refractivity contribution in [3.05, 3.63) is 36.6 Å². The minimum absolute atomic E-state index is 0.148. The zero-order valence-electron chi connectivity index (χ0n) is 9.71. The Labute approximate surface area is 103 Å². The number of amides is 1. The van der Waals surface area contributed by atoms with Gasteiger partial charge in [0.1, 0.15) is 5.92 Å². The second-order valence-electron chi connectivity index (χ2n) is 3.85. The Morgan fingerprint density at radius 2 is 2.11 bits per heavy atom. The molecule has 0 radical (unpaired) electrons.